The molecule has 112 valence electrons. The van der Waals surface area contributed by atoms with Crippen LogP contribution in [0.3, 0.4) is 0 Å². The highest BCUT2D eigenvalue weighted by atomic mass is 19.1. The number of rotatable bonds is 6. The van der Waals surface area contributed by atoms with Crippen molar-refractivity contribution in [1.29, 1.82) is 0 Å². The Morgan fingerprint density at radius 2 is 2.14 bits per heavy atom. The van der Waals surface area contributed by atoms with E-state index in [-0.39, 0.29) is 11.6 Å². The van der Waals surface area contributed by atoms with E-state index in [1.807, 2.05) is 13.0 Å². The smallest absolute Gasteiger partial charge is 0.167 e. The molecule has 1 N–H and O–H groups in total. The van der Waals surface area contributed by atoms with Crippen LogP contribution in [-0.2, 0) is 13.2 Å². The third-order valence-electron chi connectivity index (χ3n) is 3.75. The van der Waals surface area contributed by atoms with Crippen molar-refractivity contribution in [3.8, 4) is 5.75 Å². The predicted molar refractivity (Wildman–Crippen MR) is 78.8 cm³/mol. The van der Waals surface area contributed by atoms with Crippen molar-refractivity contribution < 1.29 is 13.5 Å². The first-order chi connectivity index (χ1) is 10.1. The van der Waals surface area contributed by atoms with Crippen LogP contribution in [0.1, 0.15) is 35.5 Å². The van der Waals surface area contributed by atoms with Crippen molar-refractivity contribution in [1.82, 2.24) is 5.32 Å². The van der Waals surface area contributed by atoms with Gasteiger partial charge in [0, 0.05) is 11.6 Å². The predicted octanol–water partition coefficient (Wildman–Crippen LogP) is 3.87. The number of nitrogens with one attached hydrogen (secondary N) is 1. The normalized spacial score (nSPS) is 14.4. The number of halogens is 1. The molecule has 1 saturated carbocycles. The molecular weight excluding hydrogens is 269 g/mol. The molecule has 4 heteroatoms. The molecule has 0 amide bonds. The summed E-state index contributed by atoms with van der Waals surface area (Å²) in [6.45, 7) is 4.70. The molecule has 3 nitrogen and oxygen atoms in total. The minimum Gasteiger partial charge on any atom is -0.486 e. The summed E-state index contributed by atoms with van der Waals surface area (Å²) in [4.78, 5) is 0. The summed E-state index contributed by atoms with van der Waals surface area (Å²) >= 11 is 0. The molecule has 1 fully saturated rings. The Balaban J connectivity index is 1.62. The highest BCUT2D eigenvalue weighted by Crippen LogP contribution is 2.23. The van der Waals surface area contributed by atoms with Crippen molar-refractivity contribution in [2.45, 2.75) is 45.9 Å². The first-order valence-corrected chi connectivity index (χ1v) is 7.33. The molecular formula is C17H20FNO2. The minimum atomic E-state index is -0.297. The summed E-state index contributed by atoms with van der Waals surface area (Å²) in [5.41, 5.74) is 1.55. The van der Waals surface area contributed by atoms with E-state index in [0.29, 0.717) is 18.2 Å². The van der Waals surface area contributed by atoms with Gasteiger partial charge in [0.2, 0.25) is 0 Å². The zero-order chi connectivity index (χ0) is 14.8. The average molecular weight is 289 g/mol. The number of aryl methyl sites for hydroxylation is 2. The van der Waals surface area contributed by atoms with Crippen LogP contribution in [0.4, 0.5) is 4.39 Å². The van der Waals surface area contributed by atoms with Gasteiger partial charge in [-0.1, -0.05) is 12.1 Å². The van der Waals surface area contributed by atoms with Crippen LogP contribution < -0.4 is 10.1 Å². The number of hydrogen-bond acceptors (Lipinski definition) is 3. The van der Waals surface area contributed by atoms with Gasteiger partial charge in [0.25, 0.3) is 0 Å². The summed E-state index contributed by atoms with van der Waals surface area (Å²) in [6, 6.07) is 7.80. The molecule has 3 rings (SSSR count). The van der Waals surface area contributed by atoms with Gasteiger partial charge in [0.1, 0.15) is 18.1 Å². The molecule has 1 aromatic heterocycles. The van der Waals surface area contributed by atoms with Crippen LogP contribution in [0.25, 0.3) is 0 Å². The maximum absolute atomic E-state index is 13.9. The molecule has 0 saturated heterocycles. The van der Waals surface area contributed by atoms with Crippen molar-refractivity contribution in [2.24, 2.45) is 0 Å². The quantitative estimate of drug-likeness (QED) is 0.876. The van der Waals surface area contributed by atoms with Gasteiger partial charge < -0.3 is 14.5 Å². The molecule has 0 spiro atoms. The lowest BCUT2D eigenvalue weighted by Crippen LogP contribution is -2.14. The minimum absolute atomic E-state index is 0.285. The lowest BCUT2D eigenvalue weighted by atomic mass is 10.2. The second-order valence-corrected chi connectivity index (χ2v) is 5.63. The van der Waals surface area contributed by atoms with Crippen molar-refractivity contribution in [3.63, 3.8) is 0 Å². The van der Waals surface area contributed by atoms with Gasteiger partial charge in [-0.25, -0.2) is 4.39 Å². The molecule has 0 unspecified atom stereocenters. The van der Waals surface area contributed by atoms with Crippen molar-refractivity contribution >= 4 is 0 Å². The summed E-state index contributed by atoms with van der Waals surface area (Å²) in [5, 5.41) is 3.41. The highest BCUT2D eigenvalue weighted by Gasteiger charge is 2.21. The lowest BCUT2D eigenvalue weighted by Gasteiger charge is -2.07. The summed E-state index contributed by atoms with van der Waals surface area (Å²) < 4.78 is 25.1. The fraction of sp³-hybridized carbons (Fsp3) is 0.412. The molecule has 0 radical (unpaired) electrons. The fourth-order valence-corrected chi connectivity index (χ4v) is 2.24. The Kier molecular flexibility index (Phi) is 3.97. The van der Waals surface area contributed by atoms with E-state index in [2.05, 4.69) is 5.32 Å². The lowest BCUT2D eigenvalue weighted by molar-refractivity contribution is 0.287. The Morgan fingerprint density at radius 3 is 2.90 bits per heavy atom. The highest BCUT2D eigenvalue weighted by molar-refractivity contribution is 5.30. The van der Waals surface area contributed by atoms with E-state index in [4.69, 9.17) is 9.15 Å². The van der Waals surface area contributed by atoms with Crippen LogP contribution in [0.15, 0.2) is 28.7 Å². The van der Waals surface area contributed by atoms with Gasteiger partial charge in [-0.05, 0) is 44.4 Å². The Hall–Kier alpha value is -1.81. The fourth-order valence-electron chi connectivity index (χ4n) is 2.24. The molecule has 0 aliphatic heterocycles. The molecule has 2 aromatic rings. The van der Waals surface area contributed by atoms with E-state index < -0.39 is 0 Å². The topological polar surface area (TPSA) is 34.4 Å². The second kappa shape index (κ2) is 5.90. The number of hydrogen-bond donors (Lipinski definition) is 1. The van der Waals surface area contributed by atoms with E-state index in [9.17, 15) is 4.39 Å². The third kappa shape index (κ3) is 3.45. The molecule has 1 aliphatic rings. The Labute approximate surface area is 124 Å². The zero-order valence-electron chi connectivity index (χ0n) is 12.4. The van der Waals surface area contributed by atoms with Gasteiger partial charge in [-0.2, -0.15) is 0 Å². The maximum atomic E-state index is 13.9. The number of furan rings is 1. The zero-order valence-corrected chi connectivity index (χ0v) is 12.4. The van der Waals surface area contributed by atoms with E-state index in [1.165, 1.54) is 12.8 Å². The molecule has 1 heterocycles. The average Bonchev–Trinajstić information content (AvgIpc) is 3.22. The van der Waals surface area contributed by atoms with Crippen LogP contribution in [0.2, 0.25) is 0 Å². The number of benzene rings is 1. The van der Waals surface area contributed by atoms with Gasteiger partial charge in [0.15, 0.2) is 11.6 Å². The van der Waals surface area contributed by atoms with Crippen LogP contribution in [0.5, 0.6) is 5.75 Å². The van der Waals surface area contributed by atoms with Crippen molar-refractivity contribution in [2.75, 3.05) is 0 Å². The first-order valence-electron chi connectivity index (χ1n) is 7.33. The van der Waals surface area contributed by atoms with Gasteiger partial charge in [-0.15, -0.1) is 0 Å². The monoisotopic (exact) mass is 289 g/mol. The third-order valence-corrected chi connectivity index (χ3v) is 3.75. The SMILES string of the molecule is Cc1cccc(OCc2cc(CNC3CC3)oc2C)c1F. The molecule has 0 bridgehead atoms. The standard InChI is InChI=1S/C17H20FNO2/c1-11-4-3-5-16(17(11)18)20-10-13-8-15(21-12(13)2)9-19-14-6-7-14/h3-5,8,14,19H,6-7,9-10H2,1-2H3. The summed E-state index contributed by atoms with van der Waals surface area (Å²) in [7, 11) is 0. The Morgan fingerprint density at radius 1 is 1.33 bits per heavy atom. The largest absolute Gasteiger partial charge is 0.486 e. The van der Waals surface area contributed by atoms with E-state index in [1.54, 1.807) is 25.1 Å². The second-order valence-electron chi connectivity index (χ2n) is 5.63. The summed E-state index contributed by atoms with van der Waals surface area (Å²) in [6.07, 6.45) is 2.50. The first kappa shape index (κ1) is 14.1. The molecule has 0 atom stereocenters. The molecule has 1 aliphatic carbocycles. The van der Waals surface area contributed by atoms with Gasteiger partial charge >= 0.3 is 0 Å². The van der Waals surface area contributed by atoms with E-state index >= 15 is 0 Å². The summed E-state index contributed by atoms with van der Waals surface area (Å²) in [5.74, 6) is 1.72. The van der Waals surface area contributed by atoms with Crippen molar-refractivity contribution in [3.05, 3.63) is 52.7 Å². The van der Waals surface area contributed by atoms with Gasteiger partial charge in [-0.3, -0.25) is 0 Å². The van der Waals surface area contributed by atoms with Gasteiger partial charge in [0.05, 0.1) is 6.54 Å². The van der Waals surface area contributed by atoms with Crippen LogP contribution in [0, 0.1) is 19.7 Å². The Bertz CT molecular complexity index is 632. The van der Waals surface area contributed by atoms with Crippen LogP contribution in [-0.4, -0.2) is 6.04 Å². The number of ether oxygens (including phenoxy) is 1. The molecule has 21 heavy (non-hydrogen) atoms. The maximum Gasteiger partial charge on any atom is 0.167 e. The molecule has 1 aromatic carbocycles. The van der Waals surface area contributed by atoms with Crippen LogP contribution >= 0.6 is 0 Å². The van der Waals surface area contributed by atoms with E-state index in [0.717, 1.165) is 23.6 Å².